The number of halogens is 2. The van der Waals surface area contributed by atoms with E-state index in [0.717, 1.165) is 28.3 Å². The van der Waals surface area contributed by atoms with Gasteiger partial charge in [-0.3, -0.25) is 4.99 Å². The van der Waals surface area contributed by atoms with Crippen LogP contribution in [0.3, 0.4) is 0 Å². The Labute approximate surface area is 180 Å². The summed E-state index contributed by atoms with van der Waals surface area (Å²) in [7, 11) is 3.61. The van der Waals surface area contributed by atoms with E-state index in [9.17, 15) is 4.39 Å². The van der Waals surface area contributed by atoms with Crippen LogP contribution in [0.15, 0.2) is 81.5 Å². The van der Waals surface area contributed by atoms with Crippen molar-refractivity contribution in [2.24, 2.45) is 9.98 Å². The molecule has 0 bridgehead atoms. The lowest BCUT2D eigenvalue weighted by molar-refractivity contribution is 0.615. The number of allylic oxidation sites excluding steroid dienone is 5. The van der Waals surface area contributed by atoms with E-state index in [0.29, 0.717) is 12.2 Å². The molecule has 4 nitrogen and oxygen atoms in total. The van der Waals surface area contributed by atoms with Crippen molar-refractivity contribution in [2.75, 3.05) is 20.6 Å². The summed E-state index contributed by atoms with van der Waals surface area (Å²) in [6.45, 7) is 14.2. The van der Waals surface area contributed by atoms with E-state index < -0.39 is 0 Å². The first-order valence-corrected chi connectivity index (χ1v) is 9.33. The van der Waals surface area contributed by atoms with Crippen LogP contribution in [0.4, 0.5) is 4.39 Å². The maximum Gasteiger partial charge on any atom is 0.130 e. The van der Waals surface area contributed by atoms with Crippen LogP contribution in [0, 0.1) is 12.8 Å². The molecule has 0 amide bonds. The number of nitrogens with zero attached hydrogens (tertiary/aromatic N) is 3. The molecule has 0 aliphatic carbocycles. The summed E-state index contributed by atoms with van der Waals surface area (Å²) < 4.78 is 13.0. The highest BCUT2D eigenvalue weighted by molar-refractivity contribution is 6.25. The van der Waals surface area contributed by atoms with Gasteiger partial charge in [-0.15, -0.1) is 12.8 Å². The van der Waals surface area contributed by atoms with Gasteiger partial charge < -0.3 is 10.2 Å². The number of hydrogen-bond acceptors (Lipinski definition) is 3. The van der Waals surface area contributed by atoms with Crippen LogP contribution >= 0.6 is 11.6 Å². The third-order valence-corrected chi connectivity index (χ3v) is 3.76. The number of amidine groups is 1. The molecule has 0 saturated heterocycles. The monoisotopic (exact) mass is 418 g/mol. The molecule has 0 fully saturated rings. The second-order valence-corrected chi connectivity index (χ2v) is 5.91. The standard InChI is InChI=1S/C21H30ClFN4.C2H2/c1-8-18(11-10-12-19(23)13-22)15-25-17(5)14-26-20(9-2)27(7)21(24-6)16(3)4;1-2/h8-11,13-14,25H,3,5,12,15H2,1-2,4,6-7H3;1-2H/b11-10?,18-8+,19-13-,20-9-,24-21?,26-14+;. The van der Waals surface area contributed by atoms with Gasteiger partial charge in [0.2, 0.25) is 0 Å². The summed E-state index contributed by atoms with van der Waals surface area (Å²) in [5.41, 5.74) is 3.45. The molecule has 29 heavy (non-hydrogen) atoms. The van der Waals surface area contributed by atoms with E-state index in [-0.39, 0.29) is 12.2 Å². The van der Waals surface area contributed by atoms with Crippen molar-refractivity contribution in [3.8, 4) is 12.8 Å². The van der Waals surface area contributed by atoms with Crippen molar-refractivity contribution in [1.29, 1.82) is 0 Å². The SMILES string of the molecule is C#C.C=C(/C=N/C(=C/C)N(C)C(=NC)C(=C)C)NC/C(C=CC/C(F)=C/Cl)=C/C. The van der Waals surface area contributed by atoms with Gasteiger partial charge >= 0.3 is 0 Å². The molecule has 0 atom stereocenters. The first kappa shape index (κ1) is 28.4. The molecule has 0 unspecified atom stereocenters. The number of hydrogen-bond donors (Lipinski definition) is 1. The highest BCUT2D eigenvalue weighted by Gasteiger charge is 2.09. The van der Waals surface area contributed by atoms with Crippen molar-refractivity contribution < 1.29 is 4.39 Å². The van der Waals surface area contributed by atoms with Crippen molar-refractivity contribution in [2.45, 2.75) is 27.2 Å². The Hall–Kier alpha value is -2.84. The molecule has 0 aromatic rings. The third-order valence-electron chi connectivity index (χ3n) is 3.52. The normalized spacial score (nSPS) is 13.3. The predicted molar refractivity (Wildman–Crippen MR) is 128 cm³/mol. The topological polar surface area (TPSA) is 40.0 Å². The minimum absolute atomic E-state index is 0.171. The predicted octanol–water partition coefficient (Wildman–Crippen LogP) is 5.75. The molecule has 6 heteroatoms. The van der Waals surface area contributed by atoms with Gasteiger partial charge in [0.05, 0.1) is 6.21 Å². The van der Waals surface area contributed by atoms with Crippen molar-refractivity contribution in [3.05, 3.63) is 71.5 Å². The summed E-state index contributed by atoms with van der Waals surface area (Å²) in [4.78, 5) is 10.6. The van der Waals surface area contributed by atoms with Crippen LogP contribution in [-0.2, 0) is 0 Å². The molecule has 0 aliphatic heterocycles. The number of terminal acetylenes is 1. The van der Waals surface area contributed by atoms with Gasteiger partial charge in [0, 0.05) is 38.3 Å². The summed E-state index contributed by atoms with van der Waals surface area (Å²) in [5, 5.41) is 3.18. The molecular formula is C23H32ClFN4. The molecule has 0 radical (unpaired) electrons. The zero-order chi connectivity index (χ0) is 22.8. The highest BCUT2D eigenvalue weighted by Crippen LogP contribution is 2.10. The zero-order valence-electron chi connectivity index (χ0n) is 18.0. The fourth-order valence-corrected chi connectivity index (χ4v) is 2.21. The highest BCUT2D eigenvalue weighted by atomic mass is 35.5. The Morgan fingerprint density at radius 2 is 1.86 bits per heavy atom. The molecule has 0 aromatic carbocycles. The van der Waals surface area contributed by atoms with Crippen LogP contribution in [0.1, 0.15) is 27.2 Å². The Morgan fingerprint density at radius 3 is 2.31 bits per heavy atom. The molecular weight excluding hydrogens is 387 g/mol. The van der Waals surface area contributed by atoms with Gasteiger partial charge in [-0.05, 0) is 38.0 Å². The summed E-state index contributed by atoms with van der Waals surface area (Å²) in [6.07, 6.45) is 17.2. The average Bonchev–Trinajstić information content (AvgIpc) is 2.72. The molecule has 158 valence electrons. The molecule has 0 saturated carbocycles. The first-order valence-electron chi connectivity index (χ1n) is 8.90. The minimum atomic E-state index is -0.374. The lowest BCUT2D eigenvalue weighted by atomic mass is 10.2. The van der Waals surface area contributed by atoms with Crippen LogP contribution in [0.5, 0.6) is 0 Å². The summed E-state index contributed by atoms with van der Waals surface area (Å²) >= 11 is 5.30. The summed E-state index contributed by atoms with van der Waals surface area (Å²) in [5.74, 6) is 1.12. The van der Waals surface area contributed by atoms with Crippen LogP contribution in [0.25, 0.3) is 0 Å². The van der Waals surface area contributed by atoms with Crippen LogP contribution < -0.4 is 5.32 Å². The zero-order valence-corrected chi connectivity index (χ0v) is 18.8. The van der Waals surface area contributed by atoms with E-state index in [1.807, 2.05) is 50.9 Å². The number of likely N-dealkylation sites (N-methyl/N-ethyl adjacent to an activating group) is 1. The lowest BCUT2D eigenvalue weighted by Crippen LogP contribution is -2.26. The Bertz CT molecular complexity index is 737. The van der Waals surface area contributed by atoms with Gasteiger partial charge in [-0.25, -0.2) is 9.38 Å². The van der Waals surface area contributed by atoms with Gasteiger partial charge in [0.15, 0.2) is 0 Å². The largest absolute Gasteiger partial charge is 0.380 e. The molecule has 0 aromatic heterocycles. The van der Waals surface area contributed by atoms with E-state index >= 15 is 0 Å². The van der Waals surface area contributed by atoms with Gasteiger partial charge in [0.25, 0.3) is 0 Å². The summed E-state index contributed by atoms with van der Waals surface area (Å²) in [6, 6.07) is 0. The minimum Gasteiger partial charge on any atom is -0.380 e. The van der Waals surface area contributed by atoms with E-state index in [4.69, 9.17) is 11.6 Å². The number of rotatable bonds is 10. The maximum absolute atomic E-state index is 13.0. The first-order chi connectivity index (χ1) is 13.8. The molecule has 0 aliphatic rings. The lowest BCUT2D eigenvalue weighted by Gasteiger charge is -2.21. The Morgan fingerprint density at radius 1 is 1.24 bits per heavy atom. The Kier molecular flexibility index (Phi) is 16.9. The smallest absolute Gasteiger partial charge is 0.130 e. The molecule has 0 spiro atoms. The van der Waals surface area contributed by atoms with Crippen molar-refractivity contribution in [1.82, 2.24) is 10.2 Å². The molecule has 1 N–H and O–H groups in total. The second-order valence-electron chi connectivity index (χ2n) is 5.70. The quantitative estimate of drug-likeness (QED) is 0.212. The molecule has 0 heterocycles. The van der Waals surface area contributed by atoms with E-state index in [1.54, 1.807) is 19.3 Å². The van der Waals surface area contributed by atoms with Crippen molar-refractivity contribution >= 4 is 23.7 Å². The number of aliphatic imine (C=N–C) groups is 2. The number of nitrogens with one attached hydrogen (secondary N) is 1. The van der Waals surface area contributed by atoms with Crippen LogP contribution in [-0.4, -0.2) is 37.6 Å². The maximum atomic E-state index is 13.0. The van der Waals surface area contributed by atoms with Crippen LogP contribution in [0.2, 0.25) is 0 Å². The molecule has 0 rings (SSSR count). The third kappa shape index (κ3) is 12.3. The Balaban J connectivity index is 0. The second kappa shape index (κ2) is 17.3. The van der Waals surface area contributed by atoms with E-state index in [2.05, 4.69) is 41.3 Å². The van der Waals surface area contributed by atoms with Gasteiger partial charge in [-0.1, -0.05) is 43.0 Å². The average molecular weight is 419 g/mol. The van der Waals surface area contributed by atoms with Gasteiger partial charge in [-0.2, -0.15) is 0 Å². The fraction of sp³-hybridized carbons (Fsp3) is 0.304. The van der Waals surface area contributed by atoms with Gasteiger partial charge in [0.1, 0.15) is 17.5 Å². The fourth-order valence-electron chi connectivity index (χ4n) is 2.12. The van der Waals surface area contributed by atoms with E-state index in [1.165, 1.54) is 0 Å². The van der Waals surface area contributed by atoms with Crippen molar-refractivity contribution in [3.63, 3.8) is 0 Å².